The molecule has 5 heteroatoms. The number of nitrogens with one attached hydrogen (secondary N) is 1. The van der Waals surface area contributed by atoms with E-state index in [9.17, 15) is 9.59 Å². The number of methoxy groups -OCH3 is 1. The summed E-state index contributed by atoms with van der Waals surface area (Å²) in [6.07, 6.45) is -0.114. The van der Waals surface area contributed by atoms with E-state index in [4.69, 9.17) is 9.84 Å². The van der Waals surface area contributed by atoms with Gasteiger partial charge in [-0.15, -0.1) is 0 Å². The van der Waals surface area contributed by atoms with E-state index in [-0.39, 0.29) is 23.6 Å². The number of carbonyl (C=O) groups excluding carboxylic acids is 1. The highest BCUT2D eigenvalue weighted by molar-refractivity contribution is 5.97. The standard InChI is InChI=1S/C13H17NO4/c1-8(9(2)18-3)14-12(15)10-5-4-6-11(7-10)13(16)17/h4-9H,1-3H3,(H,14,15)(H,16,17)/t8-,9?/m0/s1. The third-order valence-electron chi connectivity index (χ3n) is 2.81. The summed E-state index contributed by atoms with van der Waals surface area (Å²) in [5.41, 5.74) is 0.417. The number of rotatable bonds is 5. The van der Waals surface area contributed by atoms with Gasteiger partial charge in [0.15, 0.2) is 0 Å². The molecule has 0 aliphatic carbocycles. The lowest BCUT2D eigenvalue weighted by molar-refractivity contribution is 0.0696. The first-order valence-electron chi connectivity index (χ1n) is 5.62. The molecule has 0 heterocycles. The summed E-state index contributed by atoms with van der Waals surface area (Å²) in [4.78, 5) is 22.7. The molecule has 0 radical (unpaired) electrons. The van der Waals surface area contributed by atoms with E-state index in [0.717, 1.165) is 0 Å². The molecule has 1 aromatic carbocycles. The molecule has 98 valence electrons. The Labute approximate surface area is 106 Å². The van der Waals surface area contributed by atoms with Gasteiger partial charge in [-0.25, -0.2) is 4.79 Å². The summed E-state index contributed by atoms with van der Waals surface area (Å²) in [6.45, 7) is 3.67. The normalized spacial score (nSPS) is 13.7. The van der Waals surface area contributed by atoms with Crippen molar-refractivity contribution < 1.29 is 19.4 Å². The third-order valence-corrected chi connectivity index (χ3v) is 2.81. The summed E-state index contributed by atoms with van der Waals surface area (Å²) in [5, 5.41) is 11.6. The summed E-state index contributed by atoms with van der Waals surface area (Å²) >= 11 is 0. The summed E-state index contributed by atoms with van der Waals surface area (Å²) in [5.74, 6) is -1.36. The highest BCUT2D eigenvalue weighted by Crippen LogP contribution is 2.06. The summed E-state index contributed by atoms with van der Waals surface area (Å²) < 4.78 is 5.10. The first kappa shape index (κ1) is 14.2. The van der Waals surface area contributed by atoms with Gasteiger partial charge in [-0.05, 0) is 32.0 Å². The molecule has 1 unspecified atom stereocenters. The molecule has 2 atom stereocenters. The van der Waals surface area contributed by atoms with Crippen LogP contribution in [0, 0.1) is 0 Å². The lowest BCUT2D eigenvalue weighted by Gasteiger charge is -2.19. The first-order valence-corrected chi connectivity index (χ1v) is 5.62. The van der Waals surface area contributed by atoms with Crippen LogP contribution in [0.3, 0.4) is 0 Å². The number of hydrogen-bond donors (Lipinski definition) is 2. The molecule has 0 saturated carbocycles. The van der Waals surface area contributed by atoms with E-state index < -0.39 is 5.97 Å². The molecule has 2 N–H and O–H groups in total. The quantitative estimate of drug-likeness (QED) is 0.832. The predicted octanol–water partition coefficient (Wildman–Crippen LogP) is 1.54. The van der Waals surface area contributed by atoms with Crippen LogP contribution >= 0.6 is 0 Å². The molecule has 0 spiro atoms. The highest BCUT2D eigenvalue weighted by Gasteiger charge is 2.16. The van der Waals surface area contributed by atoms with Gasteiger partial charge in [0, 0.05) is 12.7 Å². The largest absolute Gasteiger partial charge is 0.478 e. The zero-order chi connectivity index (χ0) is 13.7. The van der Waals surface area contributed by atoms with Crippen LogP contribution in [0.25, 0.3) is 0 Å². The van der Waals surface area contributed by atoms with Crippen molar-refractivity contribution in [3.05, 3.63) is 35.4 Å². The Morgan fingerprint density at radius 1 is 1.28 bits per heavy atom. The molecule has 1 rings (SSSR count). The van der Waals surface area contributed by atoms with Gasteiger partial charge in [0.2, 0.25) is 0 Å². The van der Waals surface area contributed by atoms with Crippen LogP contribution < -0.4 is 5.32 Å². The number of carbonyl (C=O) groups is 2. The zero-order valence-corrected chi connectivity index (χ0v) is 10.6. The van der Waals surface area contributed by atoms with E-state index in [1.165, 1.54) is 12.1 Å². The molecule has 0 saturated heterocycles. The van der Waals surface area contributed by atoms with Gasteiger partial charge in [0.05, 0.1) is 17.7 Å². The van der Waals surface area contributed by atoms with Crippen molar-refractivity contribution >= 4 is 11.9 Å². The van der Waals surface area contributed by atoms with E-state index in [1.807, 2.05) is 13.8 Å². The van der Waals surface area contributed by atoms with Crippen molar-refractivity contribution in [2.24, 2.45) is 0 Å². The molecule has 0 aliphatic rings. The third kappa shape index (κ3) is 3.56. The average molecular weight is 251 g/mol. The number of hydrogen-bond acceptors (Lipinski definition) is 3. The molecular weight excluding hydrogens is 234 g/mol. The van der Waals surface area contributed by atoms with Crippen molar-refractivity contribution in [1.82, 2.24) is 5.32 Å². The Hall–Kier alpha value is -1.88. The topological polar surface area (TPSA) is 75.6 Å². The monoisotopic (exact) mass is 251 g/mol. The van der Waals surface area contributed by atoms with Crippen molar-refractivity contribution in [1.29, 1.82) is 0 Å². The van der Waals surface area contributed by atoms with Gasteiger partial charge in [-0.1, -0.05) is 6.07 Å². The maximum absolute atomic E-state index is 11.9. The minimum absolute atomic E-state index is 0.0927. The average Bonchev–Trinajstić information content (AvgIpc) is 2.37. The molecule has 0 fully saturated rings. The number of ether oxygens (including phenoxy) is 1. The minimum Gasteiger partial charge on any atom is -0.478 e. The Balaban J connectivity index is 2.78. The van der Waals surface area contributed by atoms with Gasteiger partial charge in [0.25, 0.3) is 5.91 Å². The molecule has 1 amide bonds. The van der Waals surface area contributed by atoms with Crippen molar-refractivity contribution in [3.8, 4) is 0 Å². The summed E-state index contributed by atoms with van der Waals surface area (Å²) in [6, 6.07) is 5.76. The molecule has 1 aromatic rings. The SMILES string of the molecule is COC(C)[C@H](C)NC(=O)c1cccc(C(=O)O)c1. The van der Waals surface area contributed by atoms with Crippen LogP contribution in [-0.2, 0) is 4.74 Å². The van der Waals surface area contributed by atoms with Crippen LogP contribution in [-0.4, -0.2) is 36.2 Å². The number of carboxylic acid groups (broad SMARTS) is 1. The Bertz CT molecular complexity index is 444. The molecule has 0 bridgehead atoms. The smallest absolute Gasteiger partial charge is 0.335 e. The van der Waals surface area contributed by atoms with E-state index in [2.05, 4.69) is 5.32 Å². The van der Waals surface area contributed by atoms with Crippen LogP contribution in [0.15, 0.2) is 24.3 Å². The maximum atomic E-state index is 11.9. The van der Waals surface area contributed by atoms with E-state index in [1.54, 1.807) is 19.2 Å². The molecule has 0 aliphatic heterocycles. The van der Waals surface area contributed by atoms with Gasteiger partial charge in [0.1, 0.15) is 0 Å². The fraction of sp³-hybridized carbons (Fsp3) is 0.385. The minimum atomic E-state index is -1.05. The molecule has 18 heavy (non-hydrogen) atoms. The predicted molar refractivity (Wildman–Crippen MR) is 66.8 cm³/mol. The Kier molecular flexibility index (Phi) is 4.85. The lowest BCUT2D eigenvalue weighted by Crippen LogP contribution is -2.40. The van der Waals surface area contributed by atoms with Crippen LogP contribution in [0.5, 0.6) is 0 Å². The molecular formula is C13H17NO4. The lowest BCUT2D eigenvalue weighted by atomic mass is 10.1. The Morgan fingerprint density at radius 3 is 2.44 bits per heavy atom. The number of carboxylic acids is 1. The first-order chi connectivity index (χ1) is 8.45. The number of amides is 1. The van der Waals surface area contributed by atoms with Crippen LogP contribution in [0.1, 0.15) is 34.6 Å². The van der Waals surface area contributed by atoms with Crippen LogP contribution in [0.4, 0.5) is 0 Å². The fourth-order valence-electron chi connectivity index (χ4n) is 1.41. The maximum Gasteiger partial charge on any atom is 0.335 e. The van der Waals surface area contributed by atoms with Gasteiger partial charge in [-0.2, -0.15) is 0 Å². The number of aromatic carboxylic acids is 1. The molecule has 5 nitrogen and oxygen atoms in total. The summed E-state index contributed by atoms with van der Waals surface area (Å²) in [7, 11) is 1.57. The molecule has 0 aromatic heterocycles. The van der Waals surface area contributed by atoms with Crippen molar-refractivity contribution in [2.45, 2.75) is 26.0 Å². The second-order valence-electron chi connectivity index (χ2n) is 4.09. The van der Waals surface area contributed by atoms with Crippen molar-refractivity contribution in [3.63, 3.8) is 0 Å². The number of benzene rings is 1. The second kappa shape index (κ2) is 6.16. The zero-order valence-electron chi connectivity index (χ0n) is 10.6. The highest BCUT2D eigenvalue weighted by atomic mass is 16.5. The second-order valence-corrected chi connectivity index (χ2v) is 4.09. The van der Waals surface area contributed by atoms with Gasteiger partial charge < -0.3 is 15.2 Å². The van der Waals surface area contributed by atoms with E-state index in [0.29, 0.717) is 5.56 Å². The van der Waals surface area contributed by atoms with Gasteiger partial charge >= 0.3 is 5.97 Å². The van der Waals surface area contributed by atoms with Gasteiger partial charge in [-0.3, -0.25) is 4.79 Å². The Morgan fingerprint density at radius 2 is 1.89 bits per heavy atom. The van der Waals surface area contributed by atoms with Crippen molar-refractivity contribution in [2.75, 3.05) is 7.11 Å². The van der Waals surface area contributed by atoms with Crippen LogP contribution in [0.2, 0.25) is 0 Å². The fourth-order valence-corrected chi connectivity index (χ4v) is 1.41. The van der Waals surface area contributed by atoms with E-state index >= 15 is 0 Å².